The molecule has 1 aromatic carbocycles. The lowest BCUT2D eigenvalue weighted by Crippen LogP contribution is -2.46. The van der Waals surface area contributed by atoms with Crippen molar-refractivity contribution in [1.82, 2.24) is 10.2 Å². The Morgan fingerprint density at radius 2 is 2.17 bits per heavy atom. The van der Waals surface area contributed by atoms with Crippen LogP contribution in [0.5, 0.6) is 0 Å². The quantitative estimate of drug-likeness (QED) is 0.670. The Bertz CT molecular complexity index is 556. The zero-order valence-electron chi connectivity index (χ0n) is 14.5. The Hall–Kier alpha value is -2.04. The van der Waals surface area contributed by atoms with Gasteiger partial charge in [0, 0.05) is 32.9 Å². The first kappa shape index (κ1) is 17.3. The number of amides is 1. The predicted molar refractivity (Wildman–Crippen MR) is 96.0 cm³/mol. The van der Waals surface area contributed by atoms with Gasteiger partial charge in [-0.2, -0.15) is 0 Å². The topological polar surface area (TPSA) is 47.9 Å². The molecule has 5 heteroatoms. The highest BCUT2D eigenvalue weighted by atomic mass is 16.2. The summed E-state index contributed by atoms with van der Waals surface area (Å²) in [6.07, 6.45) is 4.33. The summed E-state index contributed by atoms with van der Waals surface area (Å²) in [5.74, 6) is 0.874. The highest BCUT2D eigenvalue weighted by Crippen LogP contribution is 2.26. The van der Waals surface area contributed by atoms with E-state index in [0.717, 1.165) is 50.4 Å². The smallest absolute Gasteiger partial charge is 0.246 e. The van der Waals surface area contributed by atoms with E-state index in [1.54, 1.807) is 7.05 Å². The monoisotopic (exact) mass is 316 g/mol. The number of hydrogen-bond donors (Lipinski definition) is 1. The second-order valence-corrected chi connectivity index (χ2v) is 5.95. The molecular formula is C18H28N4O. The third kappa shape index (κ3) is 4.47. The molecule has 0 spiro atoms. The van der Waals surface area contributed by atoms with Gasteiger partial charge < -0.3 is 15.1 Å². The lowest BCUT2D eigenvalue weighted by atomic mass is 10.0. The number of nitrogens with one attached hydrogen (secondary N) is 1. The Morgan fingerprint density at radius 1 is 1.39 bits per heavy atom. The van der Waals surface area contributed by atoms with Gasteiger partial charge in [-0.15, -0.1) is 0 Å². The van der Waals surface area contributed by atoms with E-state index in [4.69, 9.17) is 0 Å². The van der Waals surface area contributed by atoms with Gasteiger partial charge in [-0.3, -0.25) is 9.79 Å². The molecule has 1 aromatic rings. The fourth-order valence-electron chi connectivity index (χ4n) is 2.93. The van der Waals surface area contributed by atoms with Crippen molar-refractivity contribution in [3.8, 4) is 0 Å². The fraction of sp³-hybridized carbons (Fsp3) is 0.556. The molecule has 0 unspecified atom stereocenters. The van der Waals surface area contributed by atoms with Crippen molar-refractivity contribution >= 4 is 17.6 Å². The number of guanidine groups is 1. The molecule has 23 heavy (non-hydrogen) atoms. The minimum atomic E-state index is 0.0993. The van der Waals surface area contributed by atoms with Crippen molar-refractivity contribution in [3.05, 3.63) is 29.8 Å². The average Bonchev–Trinajstić information content (AvgIpc) is 2.59. The maximum atomic E-state index is 12.6. The number of nitrogens with zero attached hydrogens (tertiary/aromatic N) is 3. The Kier molecular flexibility index (Phi) is 6.44. The zero-order chi connectivity index (χ0) is 16.7. The molecule has 0 atom stereocenters. The van der Waals surface area contributed by atoms with E-state index in [-0.39, 0.29) is 12.5 Å². The minimum absolute atomic E-state index is 0.0993. The maximum absolute atomic E-state index is 12.6. The summed E-state index contributed by atoms with van der Waals surface area (Å²) < 4.78 is 0. The van der Waals surface area contributed by atoms with Gasteiger partial charge in [0.25, 0.3) is 0 Å². The van der Waals surface area contributed by atoms with Crippen molar-refractivity contribution in [1.29, 1.82) is 0 Å². The summed E-state index contributed by atoms with van der Waals surface area (Å²) in [7, 11) is 3.76. The van der Waals surface area contributed by atoms with Crippen LogP contribution in [0.4, 0.5) is 5.69 Å². The third-order valence-electron chi connectivity index (χ3n) is 4.23. The van der Waals surface area contributed by atoms with Crippen LogP contribution >= 0.6 is 0 Å². The minimum Gasteiger partial charge on any atom is -0.347 e. The molecule has 1 amide bonds. The molecule has 0 bridgehead atoms. The summed E-state index contributed by atoms with van der Waals surface area (Å²) >= 11 is 0. The molecule has 0 saturated heterocycles. The van der Waals surface area contributed by atoms with Crippen molar-refractivity contribution in [2.45, 2.75) is 32.6 Å². The normalized spacial score (nSPS) is 14.4. The molecule has 0 fully saturated rings. The molecule has 1 N–H and O–H groups in total. The zero-order valence-corrected chi connectivity index (χ0v) is 14.5. The van der Waals surface area contributed by atoms with E-state index in [9.17, 15) is 4.79 Å². The van der Waals surface area contributed by atoms with Crippen LogP contribution in [0.3, 0.4) is 0 Å². The molecule has 0 saturated carbocycles. The van der Waals surface area contributed by atoms with Crippen LogP contribution in [-0.4, -0.2) is 50.5 Å². The van der Waals surface area contributed by atoms with Crippen molar-refractivity contribution in [2.75, 3.05) is 38.6 Å². The molecular weight excluding hydrogens is 288 g/mol. The van der Waals surface area contributed by atoms with Gasteiger partial charge >= 0.3 is 0 Å². The van der Waals surface area contributed by atoms with E-state index in [1.807, 2.05) is 30.1 Å². The summed E-state index contributed by atoms with van der Waals surface area (Å²) in [5, 5.41) is 3.19. The number of benzene rings is 1. The second kappa shape index (κ2) is 8.56. The van der Waals surface area contributed by atoms with Gasteiger partial charge in [0.05, 0.1) is 6.54 Å². The first-order valence-corrected chi connectivity index (χ1v) is 8.47. The number of hydrogen-bond acceptors (Lipinski definition) is 2. The summed E-state index contributed by atoms with van der Waals surface area (Å²) in [6, 6.07) is 8.18. The fourth-order valence-corrected chi connectivity index (χ4v) is 2.93. The van der Waals surface area contributed by atoms with Crippen LogP contribution in [0.2, 0.25) is 0 Å². The van der Waals surface area contributed by atoms with Gasteiger partial charge in [-0.25, -0.2) is 0 Å². The lowest BCUT2D eigenvalue weighted by Gasteiger charge is -2.30. The Morgan fingerprint density at radius 3 is 2.91 bits per heavy atom. The Balaban J connectivity index is 1.95. The summed E-state index contributed by atoms with van der Waals surface area (Å²) in [4.78, 5) is 20.8. The van der Waals surface area contributed by atoms with Crippen molar-refractivity contribution < 1.29 is 4.79 Å². The molecule has 0 aliphatic carbocycles. The number of aryl methyl sites for hydroxylation is 1. The highest BCUT2D eigenvalue weighted by molar-refractivity contribution is 5.98. The number of para-hydroxylation sites is 1. The van der Waals surface area contributed by atoms with Crippen LogP contribution in [-0.2, 0) is 11.2 Å². The molecule has 126 valence electrons. The van der Waals surface area contributed by atoms with E-state index < -0.39 is 0 Å². The van der Waals surface area contributed by atoms with Crippen LogP contribution in [0.15, 0.2) is 29.3 Å². The van der Waals surface area contributed by atoms with Gasteiger partial charge in [-0.1, -0.05) is 31.5 Å². The third-order valence-corrected chi connectivity index (χ3v) is 4.23. The first-order chi connectivity index (χ1) is 11.2. The lowest BCUT2D eigenvalue weighted by molar-refractivity contribution is -0.117. The highest BCUT2D eigenvalue weighted by Gasteiger charge is 2.22. The maximum Gasteiger partial charge on any atom is 0.246 e. The second-order valence-electron chi connectivity index (χ2n) is 5.95. The van der Waals surface area contributed by atoms with Crippen LogP contribution < -0.4 is 10.2 Å². The van der Waals surface area contributed by atoms with Gasteiger partial charge in [0.2, 0.25) is 5.91 Å². The number of unbranched alkanes of at least 4 members (excludes halogenated alkanes) is 1. The van der Waals surface area contributed by atoms with E-state index in [2.05, 4.69) is 28.2 Å². The molecule has 1 aliphatic heterocycles. The van der Waals surface area contributed by atoms with Crippen molar-refractivity contribution in [2.24, 2.45) is 4.99 Å². The number of fused-ring (bicyclic) bond motifs is 1. The number of anilines is 1. The van der Waals surface area contributed by atoms with E-state index in [1.165, 1.54) is 5.56 Å². The molecule has 1 aliphatic rings. The number of carbonyl (C=O) groups is 1. The molecule has 5 nitrogen and oxygen atoms in total. The van der Waals surface area contributed by atoms with Gasteiger partial charge in [0.1, 0.15) is 0 Å². The largest absolute Gasteiger partial charge is 0.347 e. The van der Waals surface area contributed by atoms with Crippen LogP contribution in [0.25, 0.3) is 0 Å². The first-order valence-electron chi connectivity index (χ1n) is 8.47. The summed E-state index contributed by atoms with van der Waals surface area (Å²) in [6.45, 7) is 4.18. The number of aliphatic imine (C=N–C) groups is 1. The van der Waals surface area contributed by atoms with Gasteiger partial charge in [-0.05, 0) is 30.9 Å². The number of rotatable bonds is 5. The molecule has 1 heterocycles. The van der Waals surface area contributed by atoms with Crippen LogP contribution in [0, 0.1) is 0 Å². The molecule has 0 aromatic heterocycles. The average molecular weight is 316 g/mol. The van der Waals surface area contributed by atoms with Crippen LogP contribution in [0.1, 0.15) is 31.7 Å². The van der Waals surface area contributed by atoms with E-state index in [0.29, 0.717) is 0 Å². The summed E-state index contributed by atoms with van der Waals surface area (Å²) in [5.41, 5.74) is 2.32. The van der Waals surface area contributed by atoms with Crippen molar-refractivity contribution in [3.63, 3.8) is 0 Å². The number of carbonyl (C=O) groups excluding carboxylic acids is 1. The standard InChI is InChI=1S/C18H28N4O/c1-4-5-12-21(3)18(19-2)20-14-17(23)22-13-8-10-15-9-6-7-11-16(15)22/h6-7,9,11H,4-5,8,10,12-14H2,1-3H3,(H,19,20). The van der Waals surface area contributed by atoms with Gasteiger partial charge in [0.15, 0.2) is 5.96 Å². The molecule has 0 radical (unpaired) electrons. The Labute approximate surface area is 139 Å². The van der Waals surface area contributed by atoms with E-state index >= 15 is 0 Å². The predicted octanol–water partition coefficient (Wildman–Crippen LogP) is 2.27. The molecule has 2 rings (SSSR count). The SMILES string of the molecule is CCCCN(C)C(=NC)NCC(=O)N1CCCc2ccccc21.